The summed E-state index contributed by atoms with van der Waals surface area (Å²) in [6.45, 7) is 2.06. The molecule has 0 radical (unpaired) electrons. The Kier molecular flexibility index (Phi) is 4.46. The van der Waals surface area contributed by atoms with Crippen LogP contribution >= 0.6 is 33.9 Å². The van der Waals surface area contributed by atoms with Crippen LogP contribution in [-0.4, -0.2) is 20.0 Å². The molecule has 0 unspecified atom stereocenters. The summed E-state index contributed by atoms with van der Waals surface area (Å²) in [6.07, 6.45) is 0. The van der Waals surface area contributed by atoms with Crippen LogP contribution in [0, 0.1) is 9.81 Å². The smallest absolute Gasteiger partial charge is 0.256 e. The number of anilines is 2. The lowest BCUT2D eigenvalue weighted by Crippen LogP contribution is -2.13. The quantitative estimate of drug-likeness (QED) is 0.810. The summed E-state index contributed by atoms with van der Waals surface area (Å²) in [5.41, 5.74) is 3.83. The third kappa shape index (κ3) is 3.48. The molecule has 1 heterocycles. The van der Waals surface area contributed by atoms with Crippen molar-refractivity contribution in [2.24, 2.45) is 0 Å². The number of rotatable bonds is 3. The molecule has 100 valence electrons. The summed E-state index contributed by atoms with van der Waals surface area (Å²) in [5, 5.41) is 4.80. The van der Waals surface area contributed by atoms with E-state index in [1.807, 2.05) is 48.6 Å². The van der Waals surface area contributed by atoms with Crippen molar-refractivity contribution in [3.63, 3.8) is 0 Å². The molecule has 0 aliphatic rings. The first-order valence-electron chi connectivity index (χ1n) is 5.81. The number of aryl methyl sites for hydroxylation is 1. The van der Waals surface area contributed by atoms with Gasteiger partial charge < -0.3 is 10.2 Å². The number of halogens is 1. The number of nitrogens with one attached hydrogen (secondary N) is 1. The lowest BCUT2D eigenvalue weighted by molar-refractivity contribution is 0.102. The molecular weight excluding hydrogens is 371 g/mol. The minimum Gasteiger partial charge on any atom is -0.377 e. The van der Waals surface area contributed by atoms with Crippen LogP contribution in [-0.2, 0) is 0 Å². The van der Waals surface area contributed by atoms with Gasteiger partial charge in [0.1, 0.15) is 0 Å². The molecule has 0 aliphatic carbocycles. The fourth-order valence-electron chi connectivity index (χ4n) is 1.80. The molecule has 0 bridgehead atoms. The van der Waals surface area contributed by atoms with Gasteiger partial charge in [0.05, 0.1) is 8.45 Å². The molecule has 0 spiro atoms. The summed E-state index contributed by atoms with van der Waals surface area (Å²) in [4.78, 5) is 14.1. The van der Waals surface area contributed by atoms with Gasteiger partial charge in [0.2, 0.25) is 0 Å². The molecule has 1 N–H and O–H groups in total. The zero-order valence-electron chi connectivity index (χ0n) is 11.0. The molecule has 0 aliphatic heterocycles. The molecule has 1 amide bonds. The van der Waals surface area contributed by atoms with Crippen LogP contribution in [0.5, 0.6) is 0 Å². The number of carbonyl (C=O) groups is 1. The summed E-state index contributed by atoms with van der Waals surface area (Å²) in [5.74, 6) is -0.0623. The van der Waals surface area contributed by atoms with Crippen LogP contribution in [0.4, 0.5) is 11.4 Å². The second-order valence-electron chi connectivity index (χ2n) is 4.49. The van der Waals surface area contributed by atoms with E-state index in [1.54, 1.807) is 11.3 Å². The van der Waals surface area contributed by atoms with E-state index in [0.717, 1.165) is 14.3 Å². The van der Waals surface area contributed by atoms with Crippen LogP contribution in [0.25, 0.3) is 0 Å². The second-order valence-corrected chi connectivity index (χ2v) is 7.29. The van der Waals surface area contributed by atoms with E-state index in [1.165, 1.54) is 5.56 Å². The Hall–Kier alpha value is -1.08. The molecule has 0 fully saturated rings. The monoisotopic (exact) mass is 386 g/mol. The minimum absolute atomic E-state index is 0.0623. The van der Waals surface area contributed by atoms with Crippen LogP contribution in [0.15, 0.2) is 29.6 Å². The zero-order valence-corrected chi connectivity index (χ0v) is 14.0. The zero-order chi connectivity index (χ0) is 14.0. The van der Waals surface area contributed by atoms with Crippen LogP contribution in [0.1, 0.15) is 15.9 Å². The first-order valence-corrected chi connectivity index (χ1v) is 7.76. The van der Waals surface area contributed by atoms with Crippen LogP contribution in [0.3, 0.4) is 0 Å². The maximum absolute atomic E-state index is 12.1. The number of thiophene rings is 1. The highest BCUT2D eigenvalue weighted by molar-refractivity contribution is 14.1. The minimum atomic E-state index is -0.0623. The van der Waals surface area contributed by atoms with Gasteiger partial charge in [0, 0.05) is 30.9 Å². The van der Waals surface area contributed by atoms with Gasteiger partial charge in [-0.2, -0.15) is 0 Å². The predicted molar refractivity (Wildman–Crippen MR) is 90.5 cm³/mol. The molecular formula is C14H15IN2OS. The fourth-order valence-corrected chi connectivity index (χ4v) is 3.13. The van der Waals surface area contributed by atoms with Gasteiger partial charge in [-0.3, -0.25) is 4.79 Å². The van der Waals surface area contributed by atoms with E-state index in [9.17, 15) is 4.79 Å². The van der Waals surface area contributed by atoms with E-state index < -0.39 is 0 Å². The fraction of sp³-hybridized carbons (Fsp3) is 0.214. The van der Waals surface area contributed by atoms with E-state index in [4.69, 9.17) is 0 Å². The Morgan fingerprint density at radius 2 is 2.05 bits per heavy atom. The Labute approximate surface area is 130 Å². The van der Waals surface area contributed by atoms with Crippen molar-refractivity contribution in [1.82, 2.24) is 0 Å². The SMILES string of the molecule is Cc1ccc(NC(=O)c2csc(I)c2)cc1N(C)C. The van der Waals surface area contributed by atoms with E-state index in [2.05, 4.69) is 34.8 Å². The summed E-state index contributed by atoms with van der Waals surface area (Å²) in [6, 6.07) is 7.83. The van der Waals surface area contributed by atoms with Crippen molar-refractivity contribution in [2.45, 2.75) is 6.92 Å². The highest BCUT2D eigenvalue weighted by Gasteiger charge is 2.09. The van der Waals surface area contributed by atoms with E-state index in [0.29, 0.717) is 5.56 Å². The summed E-state index contributed by atoms with van der Waals surface area (Å²) in [7, 11) is 3.99. The Balaban J connectivity index is 2.20. The van der Waals surface area contributed by atoms with Gasteiger partial charge in [-0.1, -0.05) is 6.07 Å². The first-order chi connectivity index (χ1) is 8.97. The van der Waals surface area contributed by atoms with Gasteiger partial charge in [-0.25, -0.2) is 0 Å². The Bertz CT molecular complexity index is 607. The summed E-state index contributed by atoms with van der Waals surface area (Å²) < 4.78 is 1.11. The number of hydrogen-bond donors (Lipinski definition) is 1. The standard InChI is InChI=1S/C14H15IN2OS/c1-9-4-5-11(7-12(9)17(2)3)16-14(18)10-6-13(15)19-8-10/h4-8H,1-3H3,(H,16,18). The second kappa shape index (κ2) is 5.92. The van der Waals surface area contributed by atoms with Gasteiger partial charge in [-0.05, 0) is 53.3 Å². The Morgan fingerprint density at radius 1 is 1.32 bits per heavy atom. The van der Waals surface area contributed by atoms with Crippen molar-refractivity contribution in [3.05, 3.63) is 43.7 Å². The highest BCUT2D eigenvalue weighted by Crippen LogP contribution is 2.23. The van der Waals surface area contributed by atoms with E-state index >= 15 is 0 Å². The molecule has 1 aromatic carbocycles. The lowest BCUT2D eigenvalue weighted by atomic mass is 10.1. The number of amides is 1. The average molecular weight is 386 g/mol. The van der Waals surface area contributed by atoms with Crippen molar-refractivity contribution in [2.75, 3.05) is 24.3 Å². The predicted octanol–water partition coefficient (Wildman–Crippen LogP) is 3.98. The molecule has 5 heteroatoms. The maximum atomic E-state index is 12.1. The molecule has 2 rings (SSSR count). The topological polar surface area (TPSA) is 32.3 Å². The maximum Gasteiger partial charge on any atom is 0.256 e. The van der Waals surface area contributed by atoms with Crippen molar-refractivity contribution in [1.29, 1.82) is 0 Å². The van der Waals surface area contributed by atoms with Crippen LogP contribution in [0.2, 0.25) is 0 Å². The van der Waals surface area contributed by atoms with Gasteiger partial charge in [0.25, 0.3) is 5.91 Å². The van der Waals surface area contributed by atoms with Crippen LogP contribution < -0.4 is 10.2 Å². The number of nitrogens with zero attached hydrogens (tertiary/aromatic N) is 1. The molecule has 0 atom stereocenters. The van der Waals surface area contributed by atoms with Gasteiger partial charge >= 0.3 is 0 Å². The lowest BCUT2D eigenvalue weighted by Gasteiger charge is -2.17. The van der Waals surface area contributed by atoms with Crippen molar-refractivity contribution < 1.29 is 4.79 Å². The molecule has 19 heavy (non-hydrogen) atoms. The Morgan fingerprint density at radius 3 is 2.63 bits per heavy atom. The van der Waals surface area contributed by atoms with Gasteiger partial charge in [0.15, 0.2) is 0 Å². The highest BCUT2D eigenvalue weighted by atomic mass is 127. The summed E-state index contributed by atoms with van der Waals surface area (Å²) >= 11 is 3.79. The average Bonchev–Trinajstić information content (AvgIpc) is 2.78. The third-order valence-corrected chi connectivity index (χ3v) is 4.57. The molecule has 0 saturated heterocycles. The first kappa shape index (κ1) is 14.3. The number of hydrogen-bond acceptors (Lipinski definition) is 3. The third-order valence-electron chi connectivity index (χ3n) is 2.78. The molecule has 2 aromatic rings. The van der Waals surface area contributed by atoms with Gasteiger partial charge in [-0.15, -0.1) is 11.3 Å². The van der Waals surface area contributed by atoms with Crippen molar-refractivity contribution in [3.8, 4) is 0 Å². The number of carbonyl (C=O) groups excluding carboxylic acids is 1. The van der Waals surface area contributed by atoms with Crippen molar-refractivity contribution >= 4 is 51.2 Å². The molecule has 3 nitrogen and oxygen atoms in total. The largest absolute Gasteiger partial charge is 0.377 e. The number of benzene rings is 1. The van der Waals surface area contributed by atoms with E-state index in [-0.39, 0.29) is 5.91 Å². The molecule has 0 saturated carbocycles. The normalized spacial score (nSPS) is 10.3. The molecule has 1 aromatic heterocycles.